The summed E-state index contributed by atoms with van der Waals surface area (Å²) in [5, 5.41) is 0. The number of hydrogen-bond donors (Lipinski definition) is 0. The molecule has 92 valence electrons. The SMILES string of the molecule is Cc1sc2c(c1C)CC1=C2Cc2c1sc(C)c2C. The van der Waals surface area contributed by atoms with Crippen LogP contribution in [0.4, 0.5) is 0 Å². The minimum absolute atomic E-state index is 1.19. The van der Waals surface area contributed by atoms with E-state index < -0.39 is 0 Å². The first-order valence-electron chi connectivity index (χ1n) is 6.48. The van der Waals surface area contributed by atoms with Gasteiger partial charge in [0.25, 0.3) is 0 Å². The topological polar surface area (TPSA) is 0 Å². The second-order valence-electron chi connectivity index (χ2n) is 5.49. The molecular formula is C16H16S2. The van der Waals surface area contributed by atoms with Gasteiger partial charge in [-0.25, -0.2) is 0 Å². The molecule has 4 rings (SSSR count). The third-order valence-corrected chi connectivity index (χ3v) is 7.26. The molecule has 0 saturated heterocycles. The highest BCUT2D eigenvalue weighted by molar-refractivity contribution is 7.15. The summed E-state index contributed by atoms with van der Waals surface area (Å²) in [5.41, 5.74) is 9.62. The predicted octanol–water partition coefficient (Wildman–Crippen LogP) is 5.07. The van der Waals surface area contributed by atoms with Gasteiger partial charge in [-0.2, -0.15) is 0 Å². The Hall–Kier alpha value is -0.860. The van der Waals surface area contributed by atoms with Crippen LogP contribution >= 0.6 is 22.7 Å². The summed E-state index contributed by atoms with van der Waals surface area (Å²) in [6.45, 7) is 9.11. The normalized spacial score (nSPS) is 16.2. The first kappa shape index (κ1) is 11.0. The Labute approximate surface area is 116 Å². The first-order chi connectivity index (χ1) is 8.58. The molecular weight excluding hydrogens is 256 g/mol. The van der Waals surface area contributed by atoms with E-state index in [-0.39, 0.29) is 0 Å². The lowest BCUT2D eigenvalue weighted by atomic mass is 10.0. The average Bonchev–Trinajstić information content (AvgIpc) is 2.98. The van der Waals surface area contributed by atoms with Gasteiger partial charge in [0.2, 0.25) is 0 Å². The zero-order valence-corrected chi connectivity index (χ0v) is 12.9. The van der Waals surface area contributed by atoms with E-state index in [0.717, 1.165) is 0 Å². The van der Waals surface area contributed by atoms with Crippen molar-refractivity contribution in [2.45, 2.75) is 40.5 Å². The first-order valence-corrected chi connectivity index (χ1v) is 8.11. The number of rotatable bonds is 0. The van der Waals surface area contributed by atoms with Gasteiger partial charge in [0.05, 0.1) is 0 Å². The fourth-order valence-electron chi connectivity index (χ4n) is 3.26. The highest BCUT2D eigenvalue weighted by Gasteiger charge is 2.34. The molecule has 0 amide bonds. The Balaban J connectivity index is 1.91. The van der Waals surface area contributed by atoms with E-state index in [1.807, 2.05) is 22.7 Å². The quantitative estimate of drug-likeness (QED) is 0.628. The molecule has 0 N–H and O–H groups in total. The fraction of sp³-hybridized carbons (Fsp3) is 0.375. The van der Waals surface area contributed by atoms with Gasteiger partial charge in [-0.05, 0) is 61.1 Å². The zero-order valence-electron chi connectivity index (χ0n) is 11.2. The van der Waals surface area contributed by atoms with E-state index in [1.165, 1.54) is 33.7 Å². The summed E-state index contributed by atoms with van der Waals surface area (Å²) in [6.07, 6.45) is 2.38. The second kappa shape index (κ2) is 3.37. The lowest BCUT2D eigenvalue weighted by Crippen LogP contribution is -1.88. The van der Waals surface area contributed by atoms with Crippen LogP contribution in [0.25, 0.3) is 11.1 Å². The lowest BCUT2D eigenvalue weighted by molar-refractivity contribution is 1.23. The van der Waals surface area contributed by atoms with Gasteiger partial charge in [-0.15, -0.1) is 22.7 Å². The predicted molar refractivity (Wildman–Crippen MR) is 81.8 cm³/mol. The molecule has 0 spiro atoms. The van der Waals surface area contributed by atoms with E-state index in [4.69, 9.17) is 0 Å². The maximum absolute atomic E-state index is 2.29. The van der Waals surface area contributed by atoms with Crippen LogP contribution in [0, 0.1) is 27.7 Å². The van der Waals surface area contributed by atoms with Crippen molar-refractivity contribution < 1.29 is 0 Å². The minimum atomic E-state index is 1.19. The number of hydrogen-bond acceptors (Lipinski definition) is 2. The third kappa shape index (κ3) is 1.16. The highest BCUT2D eigenvalue weighted by atomic mass is 32.1. The number of fused-ring (bicyclic) bond motifs is 4. The molecule has 0 bridgehead atoms. The molecule has 0 atom stereocenters. The van der Waals surface area contributed by atoms with Crippen molar-refractivity contribution in [3.05, 3.63) is 41.8 Å². The highest BCUT2D eigenvalue weighted by Crippen LogP contribution is 2.53. The third-order valence-electron chi connectivity index (χ3n) is 4.64. The Morgan fingerprint density at radius 1 is 0.667 bits per heavy atom. The molecule has 2 heteroatoms. The van der Waals surface area contributed by atoms with Crippen LogP contribution in [-0.4, -0.2) is 0 Å². The summed E-state index contributed by atoms with van der Waals surface area (Å²) in [5.74, 6) is 0. The molecule has 0 nitrogen and oxygen atoms in total. The van der Waals surface area contributed by atoms with Crippen molar-refractivity contribution in [1.29, 1.82) is 0 Å². The summed E-state index contributed by atoms with van der Waals surface area (Å²) >= 11 is 4.02. The van der Waals surface area contributed by atoms with Crippen molar-refractivity contribution in [1.82, 2.24) is 0 Å². The minimum Gasteiger partial charge on any atom is -0.140 e. The molecule has 2 aromatic rings. The summed E-state index contributed by atoms with van der Waals surface area (Å²) in [4.78, 5) is 6.21. The van der Waals surface area contributed by atoms with Crippen LogP contribution in [-0.2, 0) is 12.8 Å². The van der Waals surface area contributed by atoms with Crippen LogP contribution in [0.5, 0.6) is 0 Å². The van der Waals surface area contributed by atoms with E-state index in [1.54, 1.807) is 32.0 Å². The van der Waals surface area contributed by atoms with E-state index >= 15 is 0 Å². The summed E-state index contributed by atoms with van der Waals surface area (Å²) in [7, 11) is 0. The van der Waals surface area contributed by atoms with Gasteiger partial charge >= 0.3 is 0 Å². The monoisotopic (exact) mass is 272 g/mol. The maximum Gasteiger partial charge on any atom is 0.0350 e. The number of thiophene rings is 2. The van der Waals surface area contributed by atoms with Crippen molar-refractivity contribution >= 4 is 33.8 Å². The molecule has 0 fully saturated rings. The van der Waals surface area contributed by atoms with Gasteiger partial charge in [0.15, 0.2) is 0 Å². The van der Waals surface area contributed by atoms with E-state index in [2.05, 4.69) is 27.7 Å². The van der Waals surface area contributed by atoms with Crippen molar-refractivity contribution in [2.75, 3.05) is 0 Å². The van der Waals surface area contributed by atoms with Gasteiger partial charge in [0.1, 0.15) is 0 Å². The Morgan fingerprint density at radius 3 is 1.44 bits per heavy atom. The molecule has 0 saturated carbocycles. The van der Waals surface area contributed by atoms with Crippen LogP contribution in [0.15, 0.2) is 0 Å². The standard InChI is InChI=1S/C16H16S2/c1-7-9(3)17-15-11(7)5-13-14(15)6-12-8(2)10(4)18-16(12)13/h5-6H2,1-4H3. The molecule has 0 radical (unpaired) electrons. The molecule has 2 aromatic heterocycles. The van der Waals surface area contributed by atoms with Gasteiger partial charge in [-0.3, -0.25) is 0 Å². The van der Waals surface area contributed by atoms with Crippen LogP contribution in [0.3, 0.4) is 0 Å². The van der Waals surface area contributed by atoms with Gasteiger partial charge < -0.3 is 0 Å². The van der Waals surface area contributed by atoms with Crippen LogP contribution in [0.2, 0.25) is 0 Å². The van der Waals surface area contributed by atoms with Crippen molar-refractivity contribution in [3.8, 4) is 0 Å². The maximum atomic E-state index is 2.29. The van der Waals surface area contributed by atoms with Crippen LogP contribution in [0.1, 0.15) is 41.8 Å². The Bertz CT molecular complexity index is 661. The summed E-state index contributed by atoms with van der Waals surface area (Å²) < 4.78 is 0. The van der Waals surface area contributed by atoms with E-state index in [0.29, 0.717) is 0 Å². The van der Waals surface area contributed by atoms with Gasteiger partial charge in [0, 0.05) is 32.4 Å². The smallest absolute Gasteiger partial charge is 0.0350 e. The average molecular weight is 272 g/mol. The fourth-order valence-corrected chi connectivity index (χ4v) is 5.76. The van der Waals surface area contributed by atoms with Gasteiger partial charge in [-0.1, -0.05) is 0 Å². The van der Waals surface area contributed by atoms with Crippen molar-refractivity contribution in [3.63, 3.8) is 0 Å². The van der Waals surface area contributed by atoms with Crippen molar-refractivity contribution in [2.24, 2.45) is 0 Å². The molecule has 2 heterocycles. The Kier molecular flexibility index (Phi) is 2.06. The molecule has 0 aromatic carbocycles. The molecule has 0 aliphatic heterocycles. The number of aryl methyl sites for hydroxylation is 2. The Morgan fingerprint density at radius 2 is 1.06 bits per heavy atom. The zero-order chi connectivity index (χ0) is 12.6. The summed E-state index contributed by atoms with van der Waals surface area (Å²) in [6, 6.07) is 0. The largest absolute Gasteiger partial charge is 0.140 e. The molecule has 0 unspecified atom stereocenters. The number of allylic oxidation sites excluding steroid dienone is 2. The van der Waals surface area contributed by atoms with Crippen LogP contribution < -0.4 is 0 Å². The molecule has 2 aliphatic carbocycles. The lowest BCUT2D eigenvalue weighted by Gasteiger charge is -2.01. The second-order valence-corrected chi connectivity index (χ2v) is 7.94. The molecule has 18 heavy (non-hydrogen) atoms. The molecule has 2 aliphatic rings. The van der Waals surface area contributed by atoms with E-state index in [9.17, 15) is 0 Å².